The summed E-state index contributed by atoms with van der Waals surface area (Å²) in [7, 11) is 1.80. The van der Waals surface area contributed by atoms with E-state index in [2.05, 4.69) is 9.97 Å². The van der Waals surface area contributed by atoms with Gasteiger partial charge in [-0.1, -0.05) is 24.3 Å². The summed E-state index contributed by atoms with van der Waals surface area (Å²) in [6.07, 6.45) is 5.53. The summed E-state index contributed by atoms with van der Waals surface area (Å²) in [4.78, 5) is 19.1. The lowest BCUT2D eigenvalue weighted by molar-refractivity contribution is -0.131. The number of nitrogens with one attached hydrogen (secondary N) is 1. The quantitative estimate of drug-likeness (QED) is 0.0827. The number of aryl methyl sites for hydroxylation is 1. The van der Waals surface area contributed by atoms with E-state index >= 15 is 8.78 Å². The number of ether oxygens (including phenoxy) is 3. The van der Waals surface area contributed by atoms with Crippen molar-refractivity contribution in [1.29, 1.82) is 5.41 Å². The monoisotopic (exact) mass is 599 g/mol. The fraction of sp³-hybridized carbons (Fsp3) is 0.0323. The number of rotatable bonds is 10. The van der Waals surface area contributed by atoms with E-state index in [1.165, 1.54) is 48.5 Å². The van der Waals surface area contributed by atoms with E-state index in [4.69, 9.17) is 30.5 Å². The number of carbonyl (C=O) groups is 1. The standard InChI is InChI=1S/C31H23F2N5O6/c1-38-13-12-36-29(38)19-5-3-7-21(15-19)43-30-25(32)27(42-20-6-2-4-17(14-20)8-11-24(40)41)26(33)31(37-30)44-23-16-18(28(34)35)9-10-22(23)39/h2-16,39H,1H3,(H3,34,35)(H,40,41)/b11-8+. The van der Waals surface area contributed by atoms with Crippen LogP contribution >= 0.6 is 0 Å². The molecule has 0 aliphatic carbocycles. The molecule has 44 heavy (non-hydrogen) atoms. The van der Waals surface area contributed by atoms with E-state index in [9.17, 15) is 9.90 Å². The van der Waals surface area contributed by atoms with E-state index in [-0.39, 0.29) is 28.6 Å². The smallest absolute Gasteiger partial charge is 0.328 e. The zero-order valence-electron chi connectivity index (χ0n) is 22.9. The molecule has 11 nitrogen and oxygen atoms in total. The first kappa shape index (κ1) is 29.3. The largest absolute Gasteiger partial charge is 0.504 e. The predicted octanol–water partition coefficient (Wildman–Crippen LogP) is 6.22. The fourth-order valence-corrected chi connectivity index (χ4v) is 3.99. The Balaban J connectivity index is 1.58. The number of nitrogens with two attached hydrogens (primary N) is 1. The van der Waals surface area contributed by atoms with Crippen LogP contribution in [0.25, 0.3) is 17.5 Å². The number of imidazole rings is 1. The van der Waals surface area contributed by atoms with Gasteiger partial charge >= 0.3 is 5.97 Å². The maximum atomic E-state index is 15.9. The fourth-order valence-electron chi connectivity index (χ4n) is 3.99. The van der Waals surface area contributed by atoms with Gasteiger partial charge in [0, 0.05) is 36.6 Å². The topological polar surface area (TPSA) is 166 Å². The van der Waals surface area contributed by atoms with Crippen molar-refractivity contribution in [3.63, 3.8) is 0 Å². The Kier molecular flexibility index (Phi) is 8.20. The van der Waals surface area contributed by atoms with Crippen molar-refractivity contribution in [3.8, 4) is 51.9 Å². The van der Waals surface area contributed by atoms with Crippen LogP contribution in [0.15, 0.2) is 85.2 Å². The van der Waals surface area contributed by atoms with Gasteiger partial charge in [0.1, 0.15) is 23.2 Å². The highest BCUT2D eigenvalue weighted by molar-refractivity contribution is 5.95. The summed E-state index contributed by atoms with van der Waals surface area (Å²) < 4.78 is 50.3. The molecular weight excluding hydrogens is 576 g/mol. The van der Waals surface area contributed by atoms with Crippen molar-refractivity contribution >= 4 is 17.9 Å². The molecule has 0 aliphatic heterocycles. The first-order valence-corrected chi connectivity index (χ1v) is 12.8. The molecule has 2 aromatic heterocycles. The second-order valence-corrected chi connectivity index (χ2v) is 9.22. The van der Waals surface area contributed by atoms with Gasteiger partial charge in [-0.2, -0.15) is 13.8 Å². The predicted molar refractivity (Wildman–Crippen MR) is 155 cm³/mol. The van der Waals surface area contributed by atoms with Crippen LogP contribution in [-0.4, -0.2) is 36.6 Å². The molecule has 0 spiro atoms. The molecule has 2 heterocycles. The molecule has 13 heteroatoms. The lowest BCUT2D eigenvalue weighted by Gasteiger charge is -2.16. The molecule has 0 fully saturated rings. The molecule has 0 atom stereocenters. The second-order valence-electron chi connectivity index (χ2n) is 9.22. The minimum absolute atomic E-state index is 0.0448. The van der Waals surface area contributed by atoms with Crippen molar-refractivity contribution in [1.82, 2.24) is 14.5 Å². The number of hydrogen-bond acceptors (Lipinski definition) is 8. The Bertz CT molecular complexity index is 1920. The lowest BCUT2D eigenvalue weighted by atomic mass is 10.2. The van der Waals surface area contributed by atoms with Crippen LogP contribution in [0.5, 0.6) is 40.5 Å². The Morgan fingerprint density at radius 3 is 2.36 bits per heavy atom. The molecule has 0 saturated heterocycles. The SMILES string of the molecule is Cn1ccnc1-c1cccc(Oc2nc(Oc3cc(C(=N)N)ccc3O)c(F)c(Oc3cccc(/C=C/C(=O)O)c3)c2F)c1. The number of aliphatic carboxylic acids is 1. The van der Waals surface area contributed by atoms with Crippen molar-refractivity contribution in [2.24, 2.45) is 12.8 Å². The average molecular weight is 600 g/mol. The number of nitrogen functional groups attached to an aromatic ring is 1. The number of phenols is 1. The number of aromatic hydroxyl groups is 1. The van der Waals surface area contributed by atoms with Crippen molar-refractivity contribution in [3.05, 3.63) is 108 Å². The average Bonchev–Trinajstić information content (AvgIpc) is 3.43. The Hall–Kier alpha value is -6.24. The number of amidine groups is 1. The van der Waals surface area contributed by atoms with Gasteiger partial charge < -0.3 is 34.7 Å². The Morgan fingerprint density at radius 1 is 0.977 bits per heavy atom. The number of nitrogens with zero attached hydrogens (tertiary/aromatic N) is 3. The summed E-state index contributed by atoms with van der Waals surface area (Å²) in [5.41, 5.74) is 6.71. The van der Waals surface area contributed by atoms with Gasteiger partial charge in [-0.15, -0.1) is 0 Å². The number of carboxylic acid groups (broad SMARTS) is 1. The minimum Gasteiger partial charge on any atom is -0.504 e. The number of carboxylic acids is 1. The van der Waals surface area contributed by atoms with Crippen LogP contribution in [-0.2, 0) is 11.8 Å². The molecule has 5 aromatic rings. The summed E-state index contributed by atoms with van der Waals surface area (Å²) in [5.74, 6) is -6.81. The summed E-state index contributed by atoms with van der Waals surface area (Å²) >= 11 is 0. The van der Waals surface area contributed by atoms with E-state index in [0.717, 1.165) is 6.08 Å². The first-order chi connectivity index (χ1) is 21.1. The van der Waals surface area contributed by atoms with Gasteiger partial charge in [0.2, 0.25) is 17.4 Å². The molecule has 0 aliphatic rings. The summed E-state index contributed by atoms with van der Waals surface area (Å²) in [5, 5.41) is 26.9. The number of aromatic nitrogens is 3. The highest BCUT2D eigenvalue weighted by Crippen LogP contribution is 2.41. The number of halogens is 2. The Labute approximate surface area is 248 Å². The van der Waals surface area contributed by atoms with Crippen LogP contribution < -0.4 is 19.9 Å². The molecule has 0 unspecified atom stereocenters. The van der Waals surface area contributed by atoms with Crippen LogP contribution in [0, 0.1) is 17.0 Å². The molecular formula is C31H23F2N5O6. The molecule has 0 saturated carbocycles. The molecule has 5 N–H and O–H groups in total. The number of benzene rings is 3. The Morgan fingerprint density at radius 2 is 1.68 bits per heavy atom. The number of hydrogen-bond donors (Lipinski definition) is 4. The molecule has 3 aromatic carbocycles. The van der Waals surface area contributed by atoms with Crippen LogP contribution in [0.2, 0.25) is 0 Å². The van der Waals surface area contributed by atoms with Crippen LogP contribution in [0.3, 0.4) is 0 Å². The summed E-state index contributed by atoms with van der Waals surface area (Å²) in [6.45, 7) is 0. The first-order valence-electron chi connectivity index (χ1n) is 12.8. The minimum atomic E-state index is -1.38. The van der Waals surface area contributed by atoms with Gasteiger partial charge in [-0.25, -0.2) is 9.78 Å². The van der Waals surface area contributed by atoms with E-state index in [1.807, 2.05) is 0 Å². The summed E-state index contributed by atoms with van der Waals surface area (Å²) in [6, 6.07) is 16.1. The second kappa shape index (κ2) is 12.3. The molecule has 0 bridgehead atoms. The van der Waals surface area contributed by atoms with Crippen LogP contribution in [0.1, 0.15) is 11.1 Å². The maximum Gasteiger partial charge on any atom is 0.328 e. The van der Waals surface area contributed by atoms with Gasteiger partial charge in [-0.3, -0.25) is 5.41 Å². The van der Waals surface area contributed by atoms with E-state index in [0.29, 0.717) is 17.0 Å². The van der Waals surface area contributed by atoms with Gasteiger partial charge in [-0.05, 0) is 54.1 Å². The van der Waals surface area contributed by atoms with Crippen molar-refractivity contribution < 1.29 is 38.0 Å². The third kappa shape index (κ3) is 6.46. The number of pyridine rings is 1. The zero-order chi connectivity index (χ0) is 31.4. The normalized spacial score (nSPS) is 11.0. The molecule has 222 valence electrons. The highest BCUT2D eigenvalue weighted by atomic mass is 19.1. The third-order valence-electron chi connectivity index (χ3n) is 6.08. The third-order valence-corrected chi connectivity index (χ3v) is 6.08. The maximum absolute atomic E-state index is 15.9. The molecule has 5 rings (SSSR count). The van der Waals surface area contributed by atoms with Gasteiger partial charge in [0.15, 0.2) is 11.5 Å². The molecule has 0 amide bonds. The van der Waals surface area contributed by atoms with Gasteiger partial charge in [0.05, 0.1) is 0 Å². The number of phenolic OH excluding ortho intramolecular Hbond substituents is 1. The van der Waals surface area contributed by atoms with Crippen molar-refractivity contribution in [2.45, 2.75) is 0 Å². The van der Waals surface area contributed by atoms with Crippen LogP contribution in [0.4, 0.5) is 8.78 Å². The zero-order valence-corrected chi connectivity index (χ0v) is 22.9. The van der Waals surface area contributed by atoms with E-state index in [1.54, 1.807) is 48.3 Å². The van der Waals surface area contributed by atoms with Gasteiger partial charge in [0.25, 0.3) is 11.8 Å². The van der Waals surface area contributed by atoms with E-state index < -0.39 is 40.9 Å². The highest BCUT2D eigenvalue weighted by Gasteiger charge is 2.27. The molecule has 0 radical (unpaired) electrons. The lowest BCUT2D eigenvalue weighted by Crippen LogP contribution is -2.11. The van der Waals surface area contributed by atoms with Crippen molar-refractivity contribution in [2.75, 3.05) is 0 Å².